The molecule has 0 unspecified atom stereocenters. The van der Waals surface area contributed by atoms with Gasteiger partial charge in [-0.15, -0.1) is 0 Å². The highest BCUT2D eigenvalue weighted by atomic mass is 16.5. The number of fused-ring (bicyclic) bond motifs is 1. The van der Waals surface area contributed by atoms with E-state index in [1.54, 1.807) is 0 Å². The molecule has 1 aliphatic heterocycles. The summed E-state index contributed by atoms with van der Waals surface area (Å²) in [4.78, 5) is 15.9. The lowest BCUT2D eigenvalue weighted by molar-refractivity contribution is -0.00572. The topological polar surface area (TPSA) is 89.2 Å². The Kier molecular flexibility index (Phi) is 4.56. The number of nitrogens with one attached hydrogen (secondary N) is 1. The van der Waals surface area contributed by atoms with Gasteiger partial charge in [0.15, 0.2) is 5.65 Å². The van der Waals surface area contributed by atoms with Crippen LogP contribution >= 0.6 is 0 Å². The molecule has 0 amide bonds. The van der Waals surface area contributed by atoms with Crippen LogP contribution in [0.3, 0.4) is 0 Å². The molecule has 0 spiro atoms. The summed E-state index contributed by atoms with van der Waals surface area (Å²) in [5.41, 5.74) is 8.74. The summed E-state index contributed by atoms with van der Waals surface area (Å²) in [6.07, 6.45) is 0. The van der Waals surface area contributed by atoms with E-state index in [4.69, 9.17) is 10.5 Å². The van der Waals surface area contributed by atoms with Crippen molar-refractivity contribution >= 4 is 22.8 Å². The molecule has 0 saturated carbocycles. The molecule has 7 nitrogen and oxygen atoms in total. The number of rotatable bonds is 4. The number of aryl methyl sites for hydroxylation is 2. The number of ether oxygens (including phenoxy) is 1. The lowest BCUT2D eigenvalue weighted by atomic mass is 10.0. The van der Waals surface area contributed by atoms with Gasteiger partial charge in [0, 0.05) is 30.9 Å². The largest absolute Gasteiger partial charge is 0.383 e. The number of pyridine rings is 1. The Morgan fingerprint density at radius 2 is 1.92 bits per heavy atom. The number of nitrogens with two attached hydrogens (primary N) is 1. The number of nitrogens with zero attached hydrogens (tertiary/aromatic N) is 4. The van der Waals surface area contributed by atoms with E-state index in [2.05, 4.69) is 39.0 Å². The molecule has 24 heavy (non-hydrogen) atoms. The maximum atomic E-state index is 6.13. The zero-order valence-corrected chi connectivity index (χ0v) is 14.9. The molecular formula is C17H26N6O. The highest BCUT2D eigenvalue weighted by Gasteiger charge is 2.28. The Balaban J connectivity index is 1.80. The van der Waals surface area contributed by atoms with Crippen LogP contribution in [0.1, 0.15) is 25.1 Å². The maximum absolute atomic E-state index is 6.13. The van der Waals surface area contributed by atoms with Crippen LogP contribution in [0, 0.1) is 13.8 Å². The molecule has 3 N–H and O–H groups in total. The zero-order chi connectivity index (χ0) is 17.3. The Bertz CT molecular complexity index is 739. The van der Waals surface area contributed by atoms with Crippen molar-refractivity contribution < 1.29 is 4.74 Å². The smallest absolute Gasteiger partial charge is 0.226 e. The van der Waals surface area contributed by atoms with Crippen LogP contribution in [-0.4, -0.2) is 58.2 Å². The molecule has 0 aromatic carbocycles. The summed E-state index contributed by atoms with van der Waals surface area (Å²) in [6, 6.07) is 2.00. The number of hydrogen-bond acceptors (Lipinski definition) is 7. The molecule has 3 heterocycles. The summed E-state index contributed by atoms with van der Waals surface area (Å²) in [5.74, 6) is 0.996. The number of morpholine rings is 1. The number of nitrogen functional groups attached to an aromatic ring is 1. The van der Waals surface area contributed by atoms with E-state index in [1.807, 2.05) is 19.9 Å². The van der Waals surface area contributed by atoms with Gasteiger partial charge < -0.3 is 15.8 Å². The molecule has 3 rings (SSSR count). The average molecular weight is 330 g/mol. The van der Waals surface area contributed by atoms with E-state index in [-0.39, 0.29) is 5.54 Å². The highest BCUT2D eigenvalue weighted by molar-refractivity contribution is 5.89. The summed E-state index contributed by atoms with van der Waals surface area (Å²) in [5, 5.41) is 4.16. The minimum absolute atomic E-state index is 0.0210. The molecule has 0 radical (unpaired) electrons. The van der Waals surface area contributed by atoms with E-state index < -0.39 is 0 Å². The molecule has 0 aliphatic carbocycles. The molecule has 1 aliphatic rings. The van der Waals surface area contributed by atoms with Crippen LogP contribution in [0.25, 0.3) is 11.0 Å². The molecule has 1 saturated heterocycles. The highest BCUT2D eigenvalue weighted by Crippen LogP contribution is 2.23. The molecular weight excluding hydrogens is 304 g/mol. The van der Waals surface area contributed by atoms with Gasteiger partial charge in [-0.2, -0.15) is 9.97 Å². The standard InChI is InChI=1S/C17H26N6O/c1-11-9-12(2)20-15-13(11)14(18)21-16(22-15)19-10-17(3,4)23-5-7-24-8-6-23/h9H,5-8,10H2,1-4H3,(H3,18,19,20,21,22). The maximum Gasteiger partial charge on any atom is 0.226 e. The minimum atomic E-state index is -0.0210. The summed E-state index contributed by atoms with van der Waals surface area (Å²) in [6.45, 7) is 12.6. The van der Waals surface area contributed by atoms with Crippen LogP contribution in [-0.2, 0) is 4.74 Å². The first-order valence-electron chi connectivity index (χ1n) is 8.35. The number of hydrogen-bond donors (Lipinski definition) is 2. The predicted molar refractivity (Wildman–Crippen MR) is 96.2 cm³/mol. The summed E-state index contributed by atoms with van der Waals surface area (Å²) in [7, 11) is 0. The van der Waals surface area contributed by atoms with Crippen molar-refractivity contribution in [2.75, 3.05) is 43.9 Å². The van der Waals surface area contributed by atoms with Crippen LogP contribution in [0.5, 0.6) is 0 Å². The molecule has 2 aromatic heterocycles. The first kappa shape index (κ1) is 16.9. The van der Waals surface area contributed by atoms with Gasteiger partial charge in [-0.25, -0.2) is 4.98 Å². The van der Waals surface area contributed by atoms with Crippen LogP contribution in [0.2, 0.25) is 0 Å². The van der Waals surface area contributed by atoms with Crippen molar-refractivity contribution in [1.29, 1.82) is 0 Å². The molecule has 2 aromatic rings. The third-order valence-corrected chi connectivity index (χ3v) is 4.57. The van der Waals surface area contributed by atoms with E-state index in [9.17, 15) is 0 Å². The molecule has 7 heteroatoms. The Morgan fingerprint density at radius 3 is 2.62 bits per heavy atom. The lowest BCUT2D eigenvalue weighted by Crippen LogP contribution is -2.53. The second-order valence-corrected chi connectivity index (χ2v) is 6.98. The fourth-order valence-electron chi connectivity index (χ4n) is 3.16. The van der Waals surface area contributed by atoms with Gasteiger partial charge in [0.05, 0.1) is 18.6 Å². The van der Waals surface area contributed by atoms with E-state index in [0.29, 0.717) is 17.4 Å². The zero-order valence-electron chi connectivity index (χ0n) is 14.9. The van der Waals surface area contributed by atoms with Gasteiger partial charge in [0.25, 0.3) is 0 Å². The molecule has 0 atom stereocenters. The van der Waals surface area contributed by atoms with Crippen molar-refractivity contribution in [3.05, 3.63) is 17.3 Å². The van der Waals surface area contributed by atoms with Crippen molar-refractivity contribution in [2.24, 2.45) is 0 Å². The third kappa shape index (κ3) is 3.42. The molecule has 0 bridgehead atoms. The molecule has 130 valence electrons. The van der Waals surface area contributed by atoms with Crippen LogP contribution in [0.4, 0.5) is 11.8 Å². The first-order chi connectivity index (χ1) is 11.4. The third-order valence-electron chi connectivity index (χ3n) is 4.57. The average Bonchev–Trinajstić information content (AvgIpc) is 2.53. The lowest BCUT2D eigenvalue weighted by Gasteiger charge is -2.40. The van der Waals surface area contributed by atoms with Gasteiger partial charge in [-0.3, -0.25) is 4.90 Å². The number of aromatic nitrogens is 3. The van der Waals surface area contributed by atoms with E-state index >= 15 is 0 Å². The predicted octanol–water partition coefficient (Wildman–Crippen LogP) is 1.75. The van der Waals surface area contributed by atoms with Gasteiger partial charge in [0.1, 0.15) is 5.82 Å². The SMILES string of the molecule is Cc1cc(C)c2c(N)nc(NCC(C)(C)N3CCOCC3)nc2n1. The number of anilines is 2. The Morgan fingerprint density at radius 1 is 1.21 bits per heavy atom. The van der Waals surface area contributed by atoms with Crippen molar-refractivity contribution in [2.45, 2.75) is 33.2 Å². The molecule has 1 fully saturated rings. The van der Waals surface area contributed by atoms with Gasteiger partial charge in [-0.05, 0) is 39.3 Å². The van der Waals surface area contributed by atoms with Gasteiger partial charge in [-0.1, -0.05) is 0 Å². The van der Waals surface area contributed by atoms with Crippen molar-refractivity contribution in [3.63, 3.8) is 0 Å². The Labute approximate surface area is 142 Å². The van der Waals surface area contributed by atoms with Gasteiger partial charge in [0.2, 0.25) is 5.95 Å². The quantitative estimate of drug-likeness (QED) is 0.882. The van der Waals surface area contributed by atoms with E-state index in [1.165, 1.54) is 0 Å². The first-order valence-corrected chi connectivity index (χ1v) is 8.35. The Hall–Kier alpha value is -1.99. The second kappa shape index (κ2) is 6.49. The van der Waals surface area contributed by atoms with E-state index in [0.717, 1.165) is 49.5 Å². The monoisotopic (exact) mass is 330 g/mol. The van der Waals surface area contributed by atoms with Crippen molar-refractivity contribution in [1.82, 2.24) is 19.9 Å². The normalized spacial score (nSPS) is 16.5. The van der Waals surface area contributed by atoms with Crippen LogP contribution in [0.15, 0.2) is 6.07 Å². The second-order valence-electron chi connectivity index (χ2n) is 6.98. The van der Waals surface area contributed by atoms with Gasteiger partial charge >= 0.3 is 0 Å². The summed E-state index contributed by atoms with van der Waals surface area (Å²) < 4.78 is 5.43. The van der Waals surface area contributed by atoms with Crippen molar-refractivity contribution in [3.8, 4) is 0 Å². The summed E-state index contributed by atoms with van der Waals surface area (Å²) >= 11 is 0. The minimum Gasteiger partial charge on any atom is -0.383 e. The fourth-order valence-corrected chi connectivity index (χ4v) is 3.16. The van der Waals surface area contributed by atoms with Crippen LogP contribution < -0.4 is 11.1 Å². The fraction of sp³-hybridized carbons (Fsp3) is 0.588.